The van der Waals surface area contributed by atoms with Crippen molar-refractivity contribution in [2.75, 3.05) is 64.4 Å². The van der Waals surface area contributed by atoms with E-state index in [-0.39, 0.29) is 5.91 Å². The fraction of sp³-hybridized carbons (Fsp3) is 0.636. The Bertz CT molecular complexity index is 613. The third kappa shape index (κ3) is 8.73. The van der Waals surface area contributed by atoms with Crippen LogP contribution in [0.2, 0.25) is 0 Å². The van der Waals surface area contributed by atoms with Crippen LogP contribution in [0.4, 0.5) is 5.69 Å². The molecule has 2 rings (SSSR count). The number of nitrogens with zero attached hydrogens (tertiary/aromatic N) is 3. The van der Waals surface area contributed by atoms with Crippen molar-refractivity contribution >= 4 is 17.6 Å². The molecule has 1 aromatic carbocycles. The highest BCUT2D eigenvalue weighted by Gasteiger charge is 2.20. The Labute approximate surface area is 175 Å². The van der Waals surface area contributed by atoms with Gasteiger partial charge in [0.15, 0.2) is 5.96 Å². The Balaban J connectivity index is 1.57. The molecule has 0 unspecified atom stereocenters. The molecule has 0 spiro atoms. The summed E-state index contributed by atoms with van der Waals surface area (Å²) < 4.78 is 5.59. The Hall–Kier alpha value is -2.28. The van der Waals surface area contributed by atoms with Gasteiger partial charge < -0.3 is 25.2 Å². The molecule has 0 radical (unpaired) electrons. The number of benzene rings is 1. The van der Waals surface area contributed by atoms with E-state index in [1.54, 1.807) is 7.05 Å². The van der Waals surface area contributed by atoms with Gasteiger partial charge in [-0.2, -0.15) is 0 Å². The molecule has 2 N–H and O–H groups in total. The van der Waals surface area contributed by atoms with Crippen molar-refractivity contribution < 1.29 is 9.53 Å². The van der Waals surface area contributed by atoms with Gasteiger partial charge in [0.1, 0.15) is 0 Å². The third-order valence-electron chi connectivity index (χ3n) is 4.99. The number of anilines is 1. The molecule has 1 aromatic rings. The van der Waals surface area contributed by atoms with Crippen LogP contribution >= 0.6 is 0 Å². The van der Waals surface area contributed by atoms with Crippen LogP contribution in [0.25, 0.3) is 0 Å². The van der Waals surface area contributed by atoms with Crippen LogP contribution < -0.4 is 15.5 Å². The smallest absolute Gasteiger partial charge is 0.224 e. The third-order valence-corrected chi connectivity index (χ3v) is 4.99. The van der Waals surface area contributed by atoms with E-state index in [1.165, 1.54) is 5.69 Å². The van der Waals surface area contributed by atoms with E-state index >= 15 is 0 Å². The maximum absolute atomic E-state index is 12.5. The number of hydrogen-bond acceptors (Lipinski definition) is 4. The lowest BCUT2D eigenvalue weighted by Gasteiger charge is -2.36. The van der Waals surface area contributed by atoms with Gasteiger partial charge in [0.2, 0.25) is 5.91 Å². The second-order valence-electron chi connectivity index (χ2n) is 7.67. The van der Waals surface area contributed by atoms with E-state index in [0.29, 0.717) is 38.0 Å². The maximum atomic E-state index is 12.5. The van der Waals surface area contributed by atoms with Crippen molar-refractivity contribution in [1.82, 2.24) is 15.5 Å². The molecule has 1 heterocycles. The summed E-state index contributed by atoms with van der Waals surface area (Å²) in [5.41, 5.74) is 1.23. The van der Waals surface area contributed by atoms with Crippen LogP contribution in [-0.4, -0.2) is 76.3 Å². The van der Waals surface area contributed by atoms with Crippen LogP contribution in [0.15, 0.2) is 35.3 Å². The summed E-state index contributed by atoms with van der Waals surface area (Å²) in [5, 5.41) is 6.43. The van der Waals surface area contributed by atoms with Gasteiger partial charge in [-0.3, -0.25) is 9.79 Å². The summed E-state index contributed by atoms with van der Waals surface area (Å²) in [5.74, 6) is 1.56. The number of piperazine rings is 1. The summed E-state index contributed by atoms with van der Waals surface area (Å²) in [7, 11) is 1.74. The van der Waals surface area contributed by atoms with Crippen molar-refractivity contribution in [2.24, 2.45) is 10.9 Å². The molecular formula is C22H37N5O2. The molecule has 1 aliphatic rings. The zero-order valence-corrected chi connectivity index (χ0v) is 18.2. The van der Waals surface area contributed by atoms with Crippen molar-refractivity contribution in [3.05, 3.63) is 30.3 Å². The first-order valence-corrected chi connectivity index (χ1v) is 10.7. The molecule has 1 fully saturated rings. The maximum Gasteiger partial charge on any atom is 0.224 e. The van der Waals surface area contributed by atoms with Gasteiger partial charge in [0, 0.05) is 65.0 Å². The number of ether oxygens (including phenoxy) is 1. The number of rotatable bonds is 10. The lowest BCUT2D eigenvalue weighted by atomic mass is 10.1. The fourth-order valence-electron chi connectivity index (χ4n) is 3.18. The predicted octanol–water partition coefficient (Wildman–Crippen LogP) is 1.95. The van der Waals surface area contributed by atoms with E-state index in [2.05, 4.69) is 58.6 Å². The highest BCUT2D eigenvalue weighted by Crippen LogP contribution is 2.15. The molecule has 162 valence electrons. The molecule has 1 saturated heterocycles. The summed E-state index contributed by atoms with van der Waals surface area (Å²) in [6.07, 6.45) is 1.55. The van der Waals surface area contributed by atoms with Crippen LogP contribution in [0, 0.1) is 5.92 Å². The van der Waals surface area contributed by atoms with E-state index in [0.717, 1.165) is 39.2 Å². The number of carbonyl (C=O) groups is 1. The van der Waals surface area contributed by atoms with Gasteiger partial charge >= 0.3 is 0 Å². The Morgan fingerprint density at radius 2 is 1.76 bits per heavy atom. The monoisotopic (exact) mass is 403 g/mol. The molecule has 0 aromatic heterocycles. The number of para-hydroxylation sites is 1. The van der Waals surface area contributed by atoms with E-state index < -0.39 is 0 Å². The molecule has 1 amide bonds. The number of hydrogen-bond donors (Lipinski definition) is 2. The number of guanidine groups is 1. The van der Waals surface area contributed by atoms with Crippen LogP contribution in [0.5, 0.6) is 0 Å². The van der Waals surface area contributed by atoms with Crippen LogP contribution in [0.1, 0.15) is 26.7 Å². The Morgan fingerprint density at radius 3 is 2.41 bits per heavy atom. The minimum Gasteiger partial charge on any atom is -0.380 e. The normalized spacial score (nSPS) is 15.0. The molecule has 0 atom stereocenters. The first-order chi connectivity index (χ1) is 14.1. The SMILES string of the molecule is CN=C(NCCOCCC(C)C)NCCC(=O)N1CCN(c2ccccc2)CC1. The van der Waals surface area contributed by atoms with Gasteiger partial charge in [-0.05, 0) is 24.5 Å². The van der Waals surface area contributed by atoms with E-state index in [1.807, 2.05) is 11.0 Å². The van der Waals surface area contributed by atoms with E-state index in [9.17, 15) is 4.79 Å². The molecule has 7 nitrogen and oxygen atoms in total. The number of aliphatic imine (C=N–C) groups is 1. The standard InChI is InChI=1S/C22H37N5O2/c1-19(2)10-17-29-18-12-25-22(23-3)24-11-9-21(28)27-15-13-26(14-16-27)20-7-5-4-6-8-20/h4-8,19H,9-18H2,1-3H3,(H2,23,24,25). The number of carbonyl (C=O) groups excluding carboxylic acids is 1. The average Bonchev–Trinajstić information content (AvgIpc) is 2.75. The zero-order chi connectivity index (χ0) is 20.9. The minimum atomic E-state index is 0.192. The zero-order valence-electron chi connectivity index (χ0n) is 18.2. The second kappa shape index (κ2) is 13.0. The largest absolute Gasteiger partial charge is 0.380 e. The summed E-state index contributed by atoms with van der Waals surface area (Å²) in [6.45, 7) is 10.4. The molecule has 7 heteroatoms. The number of amides is 1. The summed E-state index contributed by atoms with van der Waals surface area (Å²) in [4.78, 5) is 21.0. The summed E-state index contributed by atoms with van der Waals surface area (Å²) in [6, 6.07) is 10.4. The molecular weight excluding hydrogens is 366 g/mol. The van der Waals surface area contributed by atoms with Gasteiger partial charge in [-0.15, -0.1) is 0 Å². The fourth-order valence-corrected chi connectivity index (χ4v) is 3.18. The van der Waals surface area contributed by atoms with Crippen LogP contribution in [0.3, 0.4) is 0 Å². The van der Waals surface area contributed by atoms with Gasteiger partial charge in [0.05, 0.1) is 6.61 Å². The van der Waals surface area contributed by atoms with E-state index in [4.69, 9.17) is 4.74 Å². The molecule has 29 heavy (non-hydrogen) atoms. The first kappa shape index (κ1) is 23.0. The topological polar surface area (TPSA) is 69.2 Å². The highest BCUT2D eigenvalue weighted by atomic mass is 16.5. The van der Waals surface area contributed by atoms with Gasteiger partial charge in [-0.1, -0.05) is 32.0 Å². The second-order valence-corrected chi connectivity index (χ2v) is 7.67. The Kier molecular flexibility index (Phi) is 10.3. The van der Waals surface area contributed by atoms with Crippen LogP contribution in [-0.2, 0) is 9.53 Å². The van der Waals surface area contributed by atoms with Crippen molar-refractivity contribution in [3.63, 3.8) is 0 Å². The minimum absolute atomic E-state index is 0.192. The molecule has 0 aliphatic carbocycles. The van der Waals surface area contributed by atoms with Crippen molar-refractivity contribution in [1.29, 1.82) is 0 Å². The highest BCUT2D eigenvalue weighted by molar-refractivity contribution is 5.81. The van der Waals surface area contributed by atoms with Crippen molar-refractivity contribution in [3.8, 4) is 0 Å². The molecule has 0 bridgehead atoms. The van der Waals surface area contributed by atoms with Gasteiger partial charge in [-0.25, -0.2) is 0 Å². The van der Waals surface area contributed by atoms with Gasteiger partial charge in [0.25, 0.3) is 0 Å². The summed E-state index contributed by atoms with van der Waals surface area (Å²) >= 11 is 0. The first-order valence-electron chi connectivity index (χ1n) is 10.7. The Morgan fingerprint density at radius 1 is 1.07 bits per heavy atom. The lowest BCUT2D eigenvalue weighted by molar-refractivity contribution is -0.131. The average molecular weight is 404 g/mol. The quantitative estimate of drug-likeness (QED) is 0.355. The van der Waals surface area contributed by atoms with Crippen molar-refractivity contribution in [2.45, 2.75) is 26.7 Å². The number of nitrogens with one attached hydrogen (secondary N) is 2. The lowest BCUT2D eigenvalue weighted by Crippen LogP contribution is -2.49. The molecule has 0 saturated carbocycles. The molecule has 1 aliphatic heterocycles. The predicted molar refractivity (Wildman–Crippen MR) is 119 cm³/mol.